The van der Waals surface area contributed by atoms with Crippen LogP contribution in [0.5, 0.6) is 0 Å². The molecular formula is C28H35N7O. The van der Waals surface area contributed by atoms with Gasteiger partial charge in [-0.05, 0) is 54.5 Å². The third-order valence-electron chi connectivity index (χ3n) is 7.31. The van der Waals surface area contributed by atoms with E-state index in [1.807, 2.05) is 21.3 Å². The number of hydrogen-bond acceptors (Lipinski definition) is 5. The van der Waals surface area contributed by atoms with Crippen molar-refractivity contribution in [1.82, 2.24) is 34.7 Å². The van der Waals surface area contributed by atoms with E-state index in [1.165, 1.54) is 44.9 Å². The molecule has 0 unspecified atom stereocenters. The van der Waals surface area contributed by atoms with Crippen molar-refractivity contribution in [1.29, 1.82) is 0 Å². The number of rotatable bonds is 10. The van der Waals surface area contributed by atoms with Crippen LogP contribution in [0.15, 0.2) is 53.6 Å². The minimum Gasteiger partial charge on any atom is -0.299 e. The Kier molecular flexibility index (Phi) is 7.69. The van der Waals surface area contributed by atoms with Gasteiger partial charge in [0.1, 0.15) is 0 Å². The molecule has 1 aliphatic rings. The van der Waals surface area contributed by atoms with Crippen molar-refractivity contribution < 1.29 is 0 Å². The maximum Gasteiger partial charge on any atom is 0.328 e. The molecule has 0 radical (unpaired) electrons. The van der Waals surface area contributed by atoms with E-state index in [-0.39, 0.29) is 5.69 Å². The number of nitrogens with one attached hydrogen (secondary N) is 1. The normalized spacial score (nSPS) is 14.4. The lowest BCUT2D eigenvalue weighted by Gasteiger charge is -2.21. The molecule has 36 heavy (non-hydrogen) atoms. The Morgan fingerprint density at radius 1 is 1.06 bits per heavy atom. The van der Waals surface area contributed by atoms with Crippen molar-refractivity contribution in [3.63, 3.8) is 0 Å². The Labute approximate surface area is 211 Å². The van der Waals surface area contributed by atoms with Crippen LogP contribution in [0.3, 0.4) is 0 Å². The molecule has 8 nitrogen and oxygen atoms in total. The van der Waals surface area contributed by atoms with Gasteiger partial charge in [-0.1, -0.05) is 63.3 Å². The molecule has 1 N–H and O–H groups in total. The van der Waals surface area contributed by atoms with E-state index >= 15 is 0 Å². The Balaban J connectivity index is 1.38. The number of tetrazole rings is 1. The Hall–Kier alpha value is -3.55. The number of hydrogen-bond donors (Lipinski definition) is 1. The van der Waals surface area contributed by atoms with Crippen molar-refractivity contribution in [3.8, 4) is 22.6 Å². The number of aromatic nitrogens is 7. The first kappa shape index (κ1) is 24.2. The molecule has 5 rings (SSSR count). The van der Waals surface area contributed by atoms with E-state index in [1.54, 1.807) is 6.20 Å². The van der Waals surface area contributed by atoms with Gasteiger partial charge < -0.3 is 0 Å². The van der Waals surface area contributed by atoms with Crippen LogP contribution in [0.1, 0.15) is 69.5 Å². The van der Waals surface area contributed by atoms with Gasteiger partial charge in [0.15, 0.2) is 0 Å². The van der Waals surface area contributed by atoms with Gasteiger partial charge in [-0.2, -0.15) is 5.21 Å². The topological polar surface area (TPSA) is 94.3 Å². The molecule has 0 bridgehead atoms. The molecule has 1 saturated carbocycles. The smallest absolute Gasteiger partial charge is 0.299 e. The maximum absolute atomic E-state index is 13.5. The van der Waals surface area contributed by atoms with Crippen molar-refractivity contribution in [2.75, 3.05) is 0 Å². The van der Waals surface area contributed by atoms with Crippen LogP contribution >= 0.6 is 0 Å². The molecule has 1 aliphatic carbocycles. The summed E-state index contributed by atoms with van der Waals surface area (Å²) in [4.78, 5) is 18.0. The second kappa shape index (κ2) is 11.5. The summed E-state index contributed by atoms with van der Waals surface area (Å²) < 4.78 is 3.97. The quantitative estimate of drug-likeness (QED) is 0.310. The fourth-order valence-corrected chi connectivity index (χ4v) is 5.33. The minimum absolute atomic E-state index is 0.125. The summed E-state index contributed by atoms with van der Waals surface area (Å²) in [7, 11) is 0. The lowest BCUT2D eigenvalue weighted by Crippen LogP contribution is -2.28. The predicted octanol–water partition coefficient (Wildman–Crippen LogP) is 5.25. The van der Waals surface area contributed by atoms with Crippen LogP contribution in [0.25, 0.3) is 22.6 Å². The average molecular weight is 486 g/mol. The number of benzene rings is 1. The number of aromatic amines is 1. The summed E-state index contributed by atoms with van der Waals surface area (Å²) in [6.45, 7) is 3.65. The summed E-state index contributed by atoms with van der Waals surface area (Å²) in [6, 6.07) is 12.1. The molecule has 0 aliphatic heterocycles. The van der Waals surface area contributed by atoms with Crippen LogP contribution in [-0.4, -0.2) is 34.7 Å². The van der Waals surface area contributed by atoms with Gasteiger partial charge in [-0.3, -0.25) is 14.1 Å². The molecule has 3 aromatic heterocycles. The maximum atomic E-state index is 13.5. The zero-order chi connectivity index (χ0) is 24.7. The predicted molar refractivity (Wildman–Crippen MR) is 140 cm³/mol. The van der Waals surface area contributed by atoms with Crippen molar-refractivity contribution in [2.45, 2.75) is 77.8 Å². The van der Waals surface area contributed by atoms with Crippen molar-refractivity contribution in [2.24, 2.45) is 5.92 Å². The molecule has 0 spiro atoms. The van der Waals surface area contributed by atoms with Crippen molar-refractivity contribution >= 4 is 0 Å². The summed E-state index contributed by atoms with van der Waals surface area (Å²) >= 11 is 0. The van der Waals surface area contributed by atoms with E-state index in [2.05, 4.69) is 63.0 Å². The summed E-state index contributed by atoms with van der Waals surface area (Å²) in [5.41, 5.74) is 4.99. The second-order valence-corrected chi connectivity index (χ2v) is 9.93. The largest absolute Gasteiger partial charge is 0.328 e. The van der Waals surface area contributed by atoms with Crippen LogP contribution in [-0.2, 0) is 19.5 Å². The molecule has 0 saturated heterocycles. The van der Waals surface area contributed by atoms with Gasteiger partial charge in [0.2, 0.25) is 5.82 Å². The van der Waals surface area contributed by atoms with Gasteiger partial charge in [-0.15, -0.1) is 10.2 Å². The molecule has 1 aromatic carbocycles. The highest BCUT2D eigenvalue weighted by Gasteiger charge is 2.18. The minimum atomic E-state index is 0.125. The Morgan fingerprint density at radius 3 is 2.64 bits per heavy atom. The molecular weight excluding hydrogens is 450 g/mol. The van der Waals surface area contributed by atoms with Gasteiger partial charge in [-0.25, -0.2) is 4.79 Å². The first-order chi connectivity index (χ1) is 17.7. The average Bonchev–Trinajstić information content (AvgIpc) is 3.55. The zero-order valence-corrected chi connectivity index (χ0v) is 21.1. The molecule has 0 atom stereocenters. The third kappa shape index (κ3) is 5.48. The number of pyridine rings is 1. The van der Waals surface area contributed by atoms with Gasteiger partial charge in [0.25, 0.3) is 0 Å². The fraction of sp³-hybridized carbons (Fsp3) is 0.464. The second-order valence-electron chi connectivity index (χ2n) is 9.93. The molecule has 188 valence electrons. The molecule has 8 heteroatoms. The van der Waals surface area contributed by atoms with E-state index in [0.29, 0.717) is 18.3 Å². The Bertz CT molecular complexity index is 1300. The van der Waals surface area contributed by atoms with Crippen LogP contribution in [0.2, 0.25) is 0 Å². The third-order valence-corrected chi connectivity index (χ3v) is 7.31. The highest BCUT2D eigenvalue weighted by Crippen LogP contribution is 2.28. The summed E-state index contributed by atoms with van der Waals surface area (Å²) in [5.74, 6) is 1.15. The van der Waals surface area contributed by atoms with Crippen LogP contribution < -0.4 is 5.69 Å². The number of H-pyrrole nitrogens is 1. The van der Waals surface area contributed by atoms with Gasteiger partial charge in [0, 0.05) is 35.8 Å². The monoisotopic (exact) mass is 485 g/mol. The number of imidazole rings is 1. The highest BCUT2D eigenvalue weighted by atomic mass is 16.1. The van der Waals surface area contributed by atoms with E-state index in [0.717, 1.165) is 47.5 Å². The standard InChI is InChI=1S/C28H35N7O/c1-2-3-5-11-24-20-34(18-21-9-6-4-7-10-21)28(36)35(24)19-22-13-15-23(16-14-22)26-25(12-8-17-29-26)27-30-32-33-31-27/h8,12-17,20-21H,2-7,9-11,18-19H2,1H3,(H,30,31,32,33). The number of nitrogens with zero attached hydrogens (tertiary/aromatic N) is 6. The van der Waals surface area contributed by atoms with E-state index < -0.39 is 0 Å². The number of unbranched alkanes of at least 4 members (excludes halogenated alkanes) is 2. The lowest BCUT2D eigenvalue weighted by atomic mass is 9.89. The molecule has 0 amide bonds. The zero-order valence-electron chi connectivity index (χ0n) is 21.1. The SMILES string of the molecule is CCCCCc1cn(CC2CCCCC2)c(=O)n1Cc1ccc(-c2ncccc2-c2nn[nH]n2)cc1. The van der Waals surface area contributed by atoms with Gasteiger partial charge in [0.05, 0.1) is 12.2 Å². The molecule has 4 aromatic rings. The summed E-state index contributed by atoms with van der Waals surface area (Å²) in [6.07, 6.45) is 14.7. The summed E-state index contributed by atoms with van der Waals surface area (Å²) in [5, 5.41) is 14.4. The molecule has 3 heterocycles. The number of aryl methyl sites for hydroxylation is 1. The highest BCUT2D eigenvalue weighted by molar-refractivity contribution is 5.76. The first-order valence-corrected chi connectivity index (χ1v) is 13.3. The molecule has 1 fully saturated rings. The Morgan fingerprint density at radius 2 is 1.89 bits per heavy atom. The van der Waals surface area contributed by atoms with E-state index in [9.17, 15) is 4.79 Å². The van der Waals surface area contributed by atoms with Crippen molar-refractivity contribution in [3.05, 3.63) is 70.5 Å². The van der Waals surface area contributed by atoms with Gasteiger partial charge >= 0.3 is 5.69 Å². The van der Waals surface area contributed by atoms with Crippen LogP contribution in [0.4, 0.5) is 0 Å². The van der Waals surface area contributed by atoms with Crippen LogP contribution in [0, 0.1) is 5.92 Å². The first-order valence-electron chi connectivity index (χ1n) is 13.3. The fourth-order valence-electron chi connectivity index (χ4n) is 5.33. The lowest BCUT2D eigenvalue weighted by molar-refractivity contribution is 0.315. The van der Waals surface area contributed by atoms with E-state index in [4.69, 9.17) is 0 Å².